The highest BCUT2D eigenvalue weighted by molar-refractivity contribution is 5.96. The largest absolute Gasteiger partial charge is 0.481 e. The zero-order chi connectivity index (χ0) is 25.0. The summed E-state index contributed by atoms with van der Waals surface area (Å²) in [5, 5.41) is 33.5. The van der Waals surface area contributed by atoms with Crippen molar-refractivity contribution < 1.29 is 44.1 Å². The molecule has 0 aromatic carbocycles. The third-order valence-corrected chi connectivity index (χ3v) is 4.17. The number of rotatable bonds is 15. The van der Waals surface area contributed by atoms with E-state index in [1.165, 1.54) is 0 Å². The van der Waals surface area contributed by atoms with Gasteiger partial charge in [-0.3, -0.25) is 24.0 Å². The number of primary amides is 1. The minimum absolute atomic E-state index is 0.0905. The highest BCUT2D eigenvalue weighted by Crippen LogP contribution is 2.07. The number of carboxylic acids is 2. The molecule has 4 atom stereocenters. The van der Waals surface area contributed by atoms with Crippen molar-refractivity contribution in [3.05, 3.63) is 0 Å². The van der Waals surface area contributed by atoms with Gasteiger partial charge in [-0.2, -0.15) is 0 Å². The zero-order valence-electron chi connectivity index (χ0n) is 17.9. The highest BCUT2D eigenvalue weighted by atomic mass is 16.4. The monoisotopic (exact) mass is 461 g/mol. The minimum atomic E-state index is -1.58. The lowest BCUT2D eigenvalue weighted by molar-refractivity contribution is -0.143. The first kappa shape index (κ1) is 28.7. The average Bonchev–Trinajstić information content (AvgIpc) is 2.67. The predicted octanol–water partition coefficient (Wildman–Crippen LogP) is -3.37. The Kier molecular flexibility index (Phi) is 12.5. The molecule has 0 aromatic heterocycles. The third-order valence-electron chi connectivity index (χ3n) is 4.17. The maximum atomic E-state index is 12.7. The fourth-order valence-corrected chi connectivity index (χ4v) is 2.54. The van der Waals surface area contributed by atoms with Crippen LogP contribution in [-0.4, -0.2) is 81.7 Å². The van der Waals surface area contributed by atoms with E-state index in [1.807, 2.05) is 0 Å². The minimum Gasteiger partial charge on any atom is -0.481 e. The van der Waals surface area contributed by atoms with Crippen LogP contribution in [0.15, 0.2) is 0 Å². The molecule has 0 aliphatic heterocycles. The van der Waals surface area contributed by atoms with Crippen molar-refractivity contribution in [1.82, 2.24) is 16.0 Å². The summed E-state index contributed by atoms with van der Waals surface area (Å²) in [5.41, 5.74) is 10.5. The molecule has 0 heterocycles. The number of carboxylic acid groups (broad SMARTS) is 2. The van der Waals surface area contributed by atoms with Crippen molar-refractivity contribution in [2.75, 3.05) is 6.61 Å². The molecule has 0 fully saturated rings. The molecule has 182 valence electrons. The normalized spacial score (nSPS) is 14.5. The molecule has 0 aliphatic rings. The Hall–Kier alpha value is -3.26. The van der Waals surface area contributed by atoms with E-state index in [0.717, 1.165) is 0 Å². The molecule has 0 spiro atoms. The standard InChI is InChI=1S/C18H31N5O9/c1-8(2)5-11(22-15(28)9(19)7-24)16(29)23-12(6-13(20)25)17(30)21-10(18(31)32)3-4-14(26)27/h8-12,24H,3-7,19H2,1-2H3,(H2,20,25)(H,21,30)(H,22,28)(H,23,29)(H,26,27)(H,31,32). The van der Waals surface area contributed by atoms with Gasteiger partial charge >= 0.3 is 11.9 Å². The number of carbonyl (C=O) groups is 6. The first-order chi connectivity index (χ1) is 14.8. The molecule has 10 N–H and O–H groups in total. The molecule has 14 nitrogen and oxygen atoms in total. The number of hydrogen-bond donors (Lipinski definition) is 8. The molecule has 4 unspecified atom stereocenters. The Morgan fingerprint density at radius 1 is 0.844 bits per heavy atom. The number of amides is 4. The van der Waals surface area contributed by atoms with Gasteiger partial charge in [0.2, 0.25) is 23.6 Å². The van der Waals surface area contributed by atoms with Crippen molar-refractivity contribution in [3.8, 4) is 0 Å². The molecule has 0 radical (unpaired) electrons. The van der Waals surface area contributed by atoms with Crippen LogP contribution in [0.25, 0.3) is 0 Å². The van der Waals surface area contributed by atoms with E-state index >= 15 is 0 Å². The van der Waals surface area contributed by atoms with Crippen LogP contribution >= 0.6 is 0 Å². The SMILES string of the molecule is CC(C)CC(NC(=O)C(N)CO)C(=O)NC(CC(N)=O)C(=O)NC(CCC(=O)O)C(=O)O. The molecule has 4 amide bonds. The second-order valence-corrected chi connectivity index (χ2v) is 7.54. The second kappa shape index (κ2) is 13.9. The Bertz CT molecular complexity index is 713. The Balaban J connectivity index is 5.49. The van der Waals surface area contributed by atoms with Gasteiger partial charge in [0.25, 0.3) is 0 Å². The summed E-state index contributed by atoms with van der Waals surface area (Å²) < 4.78 is 0. The van der Waals surface area contributed by atoms with E-state index in [4.69, 9.17) is 21.7 Å². The molecule has 14 heteroatoms. The van der Waals surface area contributed by atoms with Crippen molar-refractivity contribution in [2.24, 2.45) is 17.4 Å². The number of aliphatic hydroxyl groups excluding tert-OH is 1. The average molecular weight is 461 g/mol. The number of aliphatic hydroxyl groups is 1. The van der Waals surface area contributed by atoms with Gasteiger partial charge in [0.15, 0.2) is 0 Å². The van der Waals surface area contributed by atoms with Crippen LogP contribution in [0.3, 0.4) is 0 Å². The summed E-state index contributed by atoms with van der Waals surface area (Å²) in [6.07, 6.45) is -1.53. The lowest BCUT2D eigenvalue weighted by Gasteiger charge is -2.25. The Morgan fingerprint density at radius 3 is 1.78 bits per heavy atom. The zero-order valence-corrected chi connectivity index (χ0v) is 17.9. The van der Waals surface area contributed by atoms with Gasteiger partial charge < -0.3 is 42.7 Å². The van der Waals surface area contributed by atoms with Crippen LogP contribution in [0.2, 0.25) is 0 Å². The van der Waals surface area contributed by atoms with Gasteiger partial charge in [-0.1, -0.05) is 13.8 Å². The van der Waals surface area contributed by atoms with Crippen LogP contribution in [0.1, 0.15) is 39.5 Å². The van der Waals surface area contributed by atoms with Crippen LogP contribution in [0, 0.1) is 5.92 Å². The van der Waals surface area contributed by atoms with Gasteiger partial charge in [-0.05, 0) is 18.8 Å². The van der Waals surface area contributed by atoms with Gasteiger partial charge in [0, 0.05) is 6.42 Å². The van der Waals surface area contributed by atoms with E-state index in [9.17, 15) is 33.9 Å². The first-order valence-electron chi connectivity index (χ1n) is 9.78. The number of aliphatic carboxylic acids is 2. The van der Waals surface area contributed by atoms with Gasteiger partial charge in [0.1, 0.15) is 24.2 Å². The van der Waals surface area contributed by atoms with Gasteiger partial charge in [0.05, 0.1) is 13.0 Å². The van der Waals surface area contributed by atoms with Crippen molar-refractivity contribution in [1.29, 1.82) is 0 Å². The molecule has 0 saturated heterocycles. The predicted molar refractivity (Wildman–Crippen MR) is 109 cm³/mol. The molecule has 0 bridgehead atoms. The summed E-state index contributed by atoms with van der Waals surface area (Å²) in [5.74, 6) is -6.61. The molecule has 32 heavy (non-hydrogen) atoms. The fraction of sp³-hybridized carbons (Fsp3) is 0.667. The summed E-state index contributed by atoms with van der Waals surface area (Å²) in [6, 6.07) is -5.62. The second-order valence-electron chi connectivity index (χ2n) is 7.54. The summed E-state index contributed by atoms with van der Waals surface area (Å²) in [7, 11) is 0. The number of hydrogen-bond acceptors (Lipinski definition) is 8. The van der Waals surface area contributed by atoms with Crippen molar-refractivity contribution >= 4 is 35.6 Å². The molecule has 0 aliphatic carbocycles. The topological polar surface area (TPSA) is 251 Å². The van der Waals surface area contributed by atoms with Crippen LogP contribution in [0.5, 0.6) is 0 Å². The van der Waals surface area contributed by atoms with Crippen molar-refractivity contribution in [3.63, 3.8) is 0 Å². The lowest BCUT2D eigenvalue weighted by atomic mass is 10.0. The van der Waals surface area contributed by atoms with E-state index in [2.05, 4.69) is 16.0 Å². The van der Waals surface area contributed by atoms with E-state index < -0.39 is 85.6 Å². The quantitative estimate of drug-likeness (QED) is 0.120. The van der Waals surface area contributed by atoms with Gasteiger partial charge in [-0.15, -0.1) is 0 Å². The Morgan fingerprint density at radius 2 is 1.34 bits per heavy atom. The summed E-state index contributed by atoms with van der Waals surface area (Å²) >= 11 is 0. The molecule has 0 aromatic rings. The summed E-state index contributed by atoms with van der Waals surface area (Å²) in [4.78, 5) is 70.5. The van der Waals surface area contributed by atoms with E-state index in [-0.39, 0.29) is 12.3 Å². The number of carbonyl (C=O) groups excluding carboxylic acids is 4. The first-order valence-corrected chi connectivity index (χ1v) is 9.78. The van der Waals surface area contributed by atoms with E-state index in [1.54, 1.807) is 13.8 Å². The summed E-state index contributed by atoms with van der Waals surface area (Å²) in [6.45, 7) is 2.85. The Labute approximate surface area is 184 Å². The highest BCUT2D eigenvalue weighted by Gasteiger charge is 2.31. The number of nitrogens with two attached hydrogens (primary N) is 2. The van der Waals surface area contributed by atoms with Crippen LogP contribution in [-0.2, 0) is 28.8 Å². The van der Waals surface area contributed by atoms with Crippen LogP contribution < -0.4 is 27.4 Å². The van der Waals surface area contributed by atoms with Gasteiger partial charge in [-0.25, -0.2) is 4.79 Å². The smallest absolute Gasteiger partial charge is 0.326 e. The maximum Gasteiger partial charge on any atom is 0.326 e. The fourth-order valence-electron chi connectivity index (χ4n) is 2.54. The number of nitrogens with one attached hydrogen (secondary N) is 3. The lowest BCUT2D eigenvalue weighted by Crippen LogP contribution is -2.58. The molecular formula is C18H31N5O9. The maximum absolute atomic E-state index is 12.7. The molecule has 0 saturated carbocycles. The third kappa shape index (κ3) is 11.2. The van der Waals surface area contributed by atoms with E-state index in [0.29, 0.717) is 0 Å². The van der Waals surface area contributed by atoms with Crippen LogP contribution in [0.4, 0.5) is 0 Å². The molecule has 0 rings (SSSR count). The van der Waals surface area contributed by atoms with Crippen molar-refractivity contribution in [2.45, 2.75) is 63.7 Å². The molecular weight excluding hydrogens is 430 g/mol.